The summed E-state index contributed by atoms with van der Waals surface area (Å²) in [6.07, 6.45) is 3.81. The maximum Gasteiger partial charge on any atom is 0.271 e. The van der Waals surface area contributed by atoms with Crippen molar-refractivity contribution in [1.82, 2.24) is 15.3 Å². The summed E-state index contributed by atoms with van der Waals surface area (Å²) in [6, 6.07) is 17.6. The predicted molar refractivity (Wildman–Crippen MR) is 106 cm³/mol. The molecule has 0 aliphatic rings. The Morgan fingerprint density at radius 3 is 2.59 bits per heavy atom. The summed E-state index contributed by atoms with van der Waals surface area (Å²) in [5, 5.41) is 2.87. The fourth-order valence-electron chi connectivity index (χ4n) is 2.63. The van der Waals surface area contributed by atoms with Gasteiger partial charge in [0.15, 0.2) is 5.82 Å². The van der Waals surface area contributed by atoms with Gasteiger partial charge in [0.1, 0.15) is 11.4 Å². The fraction of sp³-hybridized carbons (Fsp3) is 0.190. The monoisotopic (exact) mass is 362 g/mol. The van der Waals surface area contributed by atoms with Crippen molar-refractivity contribution < 1.29 is 9.53 Å². The van der Waals surface area contributed by atoms with E-state index >= 15 is 0 Å². The van der Waals surface area contributed by atoms with Gasteiger partial charge in [-0.3, -0.25) is 4.79 Å². The molecule has 0 atom stereocenters. The van der Waals surface area contributed by atoms with E-state index in [1.54, 1.807) is 13.3 Å². The van der Waals surface area contributed by atoms with Gasteiger partial charge in [-0.1, -0.05) is 30.3 Å². The molecule has 3 aromatic rings. The summed E-state index contributed by atoms with van der Waals surface area (Å²) in [5.74, 6) is 1.25. The molecular formula is C21H22N4O2. The van der Waals surface area contributed by atoms with Crippen LogP contribution in [-0.4, -0.2) is 36.6 Å². The number of methoxy groups -OCH3 is 1. The second kappa shape index (κ2) is 8.80. The van der Waals surface area contributed by atoms with Gasteiger partial charge in [-0.15, -0.1) is 0 Å². The molecule has 2 aromatic carbocycles. The molecule has 0 fully saturated rings. The second-order valence-electron chi connectivity index (χ2n) is 6.01. The van der Waals surface area contributed by atoms with E-state index in [1.807, 2.05) is 66.5 Å². The van der Waals surface area contributed by atoms with E-state index in [0.717, 1.165) is 17.0 Å². The van der Waals surface area contributed by atoms with E-state index in [9.17, 15) is 4.79 Å². The van der Waals surface area contributed by atoms with Crippen molar-refractivity contribution in [2.45, 2.75) is 6.42 Å². The van der Waals surface area contributed by atoms with Gasteiger partial charge in [0, 0.05) is 19.3 Å². The molecule has 1 aromatic heterocycles. The molecule has 0 bridgehead atoms. The topological polar surface area (TPSA) is 67.3 Å². The number of rotatable bonds is 7. The number of nitrogens with zero attached hydrogens (tertiary/aromatic N) is 3. The van der Waals surface area contributed by atoms with Crippen LogP contribution in [0.5, 0.6) is 5.75 Å². The average Bonchev–Trinajstić information content (AvgIpc) is 2.74. The van der Waals surface area contributed by atoms with Crippen LogP contribution in [0.25, 0.3) is 0 Å². The number of nitrogens with one attached hydrogen (secondary N) is 1. The number of para-hydroxylation sites is 1. The van der Waals surface area contributed by atoms with Crippen LogP contribution in [0.3, 0.4) is 0 Å². The lowest BCUT2D eigenvalue weighted by Gasteiger charge is -2.17. The van der Waals surface area contributed by atoms with Crippen molar-refractivity contribution in [2.75, 3.05) is 25.6 Å². The summed E-state index contributed by atoms with van der Waals surface area (Å²) in [6.45, 7) is 0.513. The van der Waals surface area contributed by atoms with Crippen LogP contribution in [0, 0.1) is 0 Å². The van der Waals surface area contributed by atoms with Gasteiger partial charge in [0.25, 0.3) is 5.91 Å². The minimum absolute atomic E-state index is 0.237. The van der Waals surface area contributed by atoms with Gasteiger partial charge in [-0.2, -0.15) is 0 Å². The molecule has 0 aliphatic heterocycles. The smallest absolute Gasteiger partial charge is 0.271 e. The fourth-order valence-corrected chi connectivity index (χ4v) is 2.63. The number of ether oxygens (including phenoxy) is 1. The lowest BCUT2D eigenvalue weighted by Crippen LogP contribution is -2.27. The normalized spacial score (nSPS) is 10.3. The zero-order chi connectivity index (χ0) is 19.1. The van der Waals surface area contributed by atoms with E-state index in [-0.39, 0.29) is 5.91 Å². The molecule has 6 nitrogen and oxygen atoms in total. The highest BCUT2D eigenvalue weighted by atomic mass is 16.5. The summed E-state index contributed by atoms with van der Waals surface area (Å²) >= 11 is 0. The Hall–Kier alpha value is -3.41. The highest BCUT2D eigenvalue weighted by Crippen LogP contribution is 2.19. The number of aromatic nitrogens is 2. The number of amides is 1. The lowest BCUT2D eigenvalue weighted by molar-refractivity contribution is 0.0949. The third-order valence-electron chi connectivity index (χ3n) is 4.19. The Morgan fingerprint density at radius 2 is 1.89 bits per heavy atom. The highest BCUT2D eigenvalue weighted by Gasteiger charge is 2.10. The van der Waals surface area contributed by atoms with E-state index in [4.69, 9.17) is 4.74 Å². The molecule has 1 heterocycles. The number of carbonyl (C=O) groups excluding carboxylic acids is 1. The van der Waals surface area contributed by atoms with Crippen molar-refractivity contribution in [3.8, 4) is 5.75 Å². The van der Waals surface area contributed by atoms with Crippen molar-refractivity contribution >= 4 is 17.4 Å². The Balaban J connectivity index is 1.56. The third-order valence-corrected chi connectivity index (χ3v) is 4.19. The first-order chi connectivity index (χ1) is 13.2. The van der Waals surface area contributed by atoms with Crippen LogP contribution in [-0.2, 0) is 6.42 Å². The van der Waals surface area contributed by atoms with Gasteiger partial charge in [0.2, 0.25) is 0 Å². The molecule has 1 N–H and O–H groups in total. The van der Waals surface area contributed by atoms with Crippen LogP contribution in [0.1, 0.15) is 16.1 Å². The Labute approximate surface area is 158 Å². The number of benzene rings is 2. The maximum atomic E-state index is 12.3. The van der Waals surface area contributed by atoms with Crippen LogP contribution in [0.4, 0.5) is 11.5 Å². The maximum absolute atomic E-state index is 12.3. The molecule has 1 amide bonds. The van der Waals surface area contributed by atoms with Gasteiger partial charge >= 0.3 is 0 Å². The summed E-state index contributed by atoms with van der Waals surface area (Å²) in [7, 11) is 3.55. The molecule has 0 radical (unpaired) electrons. The van der Waals surface area contributed by atoms with Crippen molar-refractivity contribution in [1.29, 1.82) is 0 Å². The largest absolute Gasteiger partial charge is 0.497 e. The molecule has 6 heteroatoms. The molecule has 0 saturated carbocycles. The standard InChI is InChI=1S/C21H22N4O2/c1-25(17-8-4-3-5-9-17)20-15-23-19(14-24-20)21(26)22-12-11-16-7-6-10-18(13-16)27-2/h3-10,13-15H,11-12H2,1-2H3,(H,22,26). The Kier molecular flexibility index (Phi) is 5.99. The third kappa shape index (κ3) is 4.82. The number of hydrogen-bond acceptors (Lipinski definition) is 5. The van der Waals surface area contributed by atoms with Gasteiger partial charge < -0.3 is 15.0 Å². The molecule has 0 aliphatic carbocycles. The van der Waals surface area contributed by atoms with E-state index in [0.29, 0.717) is 24.5 Å². The van der Waals surface area contributed by atoms with Crippen LogP contribution in [0.15, 0.2) is 67.0 Å². The van der Waals surface area contributed by atoms with Gasteiger partial charge in [-0.05, 0) is 36.2 Å². The van der Waals surface area contributed by atoms with Gasteiger partial charge in [0.05, 0.1) is 19.5 Å². The molecule has 3 rings (SSSR count). The summed E-state index contributed by atoms with van der Waals surface area (Å²) < 4.78 is 5.20. The van der Waals surface area contributed by atoms with E-state index < -0.39 is 0 Å². The molecule has 0 spiro atoms. The first kappa shape index (κ1) is 18.4. The van der Waals surface area contributed by atoms with Crippen molar-refractivity contribution in [3.63, 3.8) is 0 Å². The lowest BCUT2D eigenvalue weighted by atomic mass is 10.1. The van der Waals surface area contributed by atoms with Crippen LogP contribution < -0.4 is 15.0 Å². The first-order valence-electron chi connectivity index (χ1n) is 8.69. The molecule has 27 heavy (non-hydrogen) atoms. The number of anilines is 2. The van der Waals surface area contributed by atoms with Crippen LogP contribution >= 0.6 is 0 Å². The van der Waals surface area contributed by atoms with Gasteiger partial charge in [-0.25, -0.2) is 9.97 Å². The second-order valence-corrected chi connectivity index (χ2v) is 6.01. The van der Waals surface area contributed by atoms with E-state index in [2.05, 4.69) is 15.3 Å². The number of hydrogen-bond donors (Lipinski definition) is 1. The van der Waals surface area contributed by atoms with Crippen molar-refractivity contribution in [2.24, 2.45) is 0 Å². The SMILES string of the molecule is COc1cccc(CCNC(=O)c2cnc(N(C)c3ccccc3)cn2)c1. The van der Waals surface area contributed by atoms with E-state index in [1.165, 1.54) is 6.20 Å². The predicted octanol–water partition coefficient (Wildman–Crippen LogP) is 3.23. The quantitative estimate of drug-likeness (QED) is 0.699. The first-order valence-corrected chi connectivity index (χ1v) is 8.69. The van der Waals surface area contributed by atoms with Crippen LogP contribution in [0.2, 0.25) is 0 Å². The number of carbonyl (C=O) groups is 1. The minimum Gasteiger partial charge on any atom is -0.497 e. The summed E-state index contributed by atoms with van der Waals surface area (Å²) in [5.41, 5.74) is 2.40. The zero-order valence-corrected chi connectivity index (χ0v) is 15.4. The molecule has 0 unspecified atom stereocenters. The van der Waals surface area contributed by atoms with Crippen molar-refractivity contribution in [3.05, 3.63) is 78.2 Å². The minimum atomic E-state index is -0.237. The average molecular weight is 362 g/mol. The highest BCUT2D eigenvalue weighted by molar-refractivity contribution is 5.92. The Morgan fingerprint density at radius 1 is 1.07 bits per heavy atom. The zero-order valence-electron chi connectivity index (χ0n) is 15.4. The molecule has 138 valence electrons. The molecular weight excluding hydrogens is 340 g/mol. The summed E-state index contributed by atoms with van der Waals surface area (Å²) in [4.78, 5) is 22.8. The molecule has 0 saturated heterocycles. The Bertz CT molecular complexity index is 882.